The van der Waals surface area contributed by atoms with Gasteiger partial charge in [0.1, 0.15) is 0 Å². The van der Waals surface area contributed by atoms with Gasteiger partial charge in [-0.1, -0.05) is 12.2 Å². The summed E-state index contributed by atoms with van der Waals surface area (Å²) in [5, 5.41) is 0. The van der Waals surface area contributed by atoms with Gasteiger partial charge < -0.3 is 5.73 Å². The molecule has 0 bridgehead atoms. The van der Waals surface area contributed by atoms with E-state index in [9.17, 15) is 0 Å². The molecule has 1 aliphatic rings. The minimum absolute atomic E-state index is 0.390. The highest BCUT2D eigenvalue weighted by atomic mass is 14.6. The van der Waals surface area contributed by atoms with E-state index >= 15 is 0 Å². The summed E-state index contributed by atoms with van der Waals surface area (Å²) < 4.78 is 0. The minimum atomic E-state index is 0.390. The molecule has 0 fully saturated rings. The molecule has 0 aliphatic heterocycles. The van der Waals surface area contributed by atoms with E-state index < -0.39 is 0 Å². The van der Waals surface area contributed by atoms with Gasteiger partial charge in [0.05, 0.1) is 0 Å². The zero-order valence-corrected chi connectivity index (χ0v) is 7.42. The second-order valence-electron chi connectivity index (χ2n) is 3.71. The molecule has 0 heterocycles. The van der Waals surface area contributed by atoms with Gasteiger partial charge in [0.2, 0.25) is 0 Å². The van der Waals surface area contributed by atoms with Crippen molar-refractivity contribution in [2.45, 2.75) is 45.1 Å². The summed E-state index contributed by atoms with van der Waals surface area (Å²) >= 11 is 0. The van der Waals surface area contributed by atoms with Gasteiger partial charge >= 0.3 is 0 Å². The highest BCUT2D eigenvalue weighted by Crippen LogP contribution is 2.22. The van der Waals surface area contributed by atoms with Gasteiger partial charge in [-0.3, -0.25) is 0 Å². The topological polar surface area (TPSA) is 26.0 Å². The quantitative estimate of drug-likeness (QED) is 0.619. The van der Waals surface area contributed by atoms with Crippen molar-refractivity contribution in [2.75, 3.05) is 0 Å². The van der Waals surface area contributed by atoms with E-state index in [1.807, 2.05) is 0 Å². The Labute approximate surface area is 69.7 Å². The van der Waals surface area contributed by atoms with Gasteiger partial charge in [0, 0.05) is 6.04 Å². The van der Waals surface area contributed by atoms with Crippen LogP contribution in [-0.2, 0) is 0 Å². The van der Waals surface area contributed by atoms with E-state index in [4.69, 9.17) is 5.73 Å². The lowest BCUT2D eigenvalue weighted by Gasteiger charge is -2.18. The first-order valence-electron chi connectivity index (χ1n) is 4.69. The Morgan fingerprint density at radius 2 is 2.36 bits per heavy atom. The molecule has 0 spiro atoms. The number of hydrogen-bond acceptors (Lipinski definition) is 1. The Hall–Kier alpha value is -0.300. The monoisotopic (exact) mass is 153 g/mol. The lowest BCUT2D eigenvalue weighted by Crippen LogP contribution is -2.16. The van der Waals surface area contributed by atoms with E-state index in [1.165, 1.54) is 32.1 Å². The van der Waals surface area contributed by atoms with Gasteiger partial charge in [-0.2, -0.15) is 0 Å². The number of nitrogens with two attached hydrogens (primary N) is 1. The van der Waals surface area contributed by atoms with E-state index in [-0.39, 0.29) is 0 Å². The summed E-state index contributed by atoms with van der Waals surface area (Å²) in [6.07, 6.45) is 11.1. The van der Waals surface area contributed by atoms with Crippen molar-refractivity contribution in [3.05, 3.63) is 12.2 Å². The average molecular weight is 153 g/mol. The Bertz CT molecular complexity index is 127. The maximum Gasteiger partial charge on any atom is 0.00105 e. The molecule has 2 atom stereocenters. The van der Waals surface area contributed by atoms with Crippen molar-refractivity contribution in [1.29, 1.82) is 0 Å². The van der Waals surface area contributed by atoms with Gasteiger partial charge in [-0.25, -0.2) is 0 Å². The predicted molar refractivity (Wildman–Crippen MR) is 49.4 cm³/mol. The van der Waals surface area contributed by atoms with E-state index in [0.29, 0.717) is 6.04 Å². The van der Waals surface area contributed by atoms with Crippen molar-refractivity contribution < 1.29 is 0 Å². The third-order valence-electron chi connectivity index (χ3n) is 2.41. The van der Waals surface area contributed by atoms with Crippen LogP contribution in [-0.4, -0.2) is 6.04 Å². The van der Waals surface area contributed by atoms with E-state index in [1.54, 1.807) is 0 Å². The molecule has 1 unspecified atom stereocenters. The fraction of sp³-hybridized carbons (Fsp3) is 0.800. The van der Waals surface area contributed by atoms with Crippen molar-refractivity contribution in [1.82, 2.24) is 0 Å². The third-order valence-corrected chi connectivity index (χ3v) is 2.41. The van der Waals surface area contributed by atoms with Crippen molar-refractivity contribution in [3.8, 4) is 0 Å². The summed E-state index contributed by atoms with van der Waals surface area (Å²) in [6, 6.07) is 0.390. The fourth-order valence-corrected chi connectivity index (χ4v) is 1.62. The van der Waals surface area contributed by atoms with Crippen molar-refractivity contribution >= 4 is 0 Å². The van der Waals surface area contributed by atoms with Crippen LogP contribution in [0.2, 0.25) is 0 Å². The van der Waals surface area contributed by atoms with Gasteiger partial charge in [0.15, 0.2) is 0 Å². The largest absolute Gasteiger partial charge is 0.328 e. The van der Waals surface area contributed by atoms with Crippen LogP contribution < -0.4 is 5.73 Å². The lowest BCUT2D eigenvalue weighted by atomic mass is 9.89. The molecule has 0 saturated heterocycles. The Balaban J connectivity index is 2.11. The van der Waals surface area contributed by atoms with Crippen LogP contribution in [0.25, 0.3) is 0 Å². The Morgan fingerprint density at radius 1 is 1.55 bits per heavy atom. The molecule has 64 valence electrons. The summed E-state index contributed by atoms with van der Waals surface area (Å²) in [4.78, 5) is 0. The van der Waals surface area contributed by atoms with Gasteiger partial charge in [0.25, 0.3) is 0 Å². The summed E-state index contributed by atoms with van der Waals surface area (Å²) in [5.41, 5.74) is 5.69. The number of rotatable bonds is 3. The Morgan fingerprint density at radius 3 is 2.91 bits per heavy atom. The first-order chi connectivity index (χ1) is 5.29. The molecule has 1 aliphatic carbocycles. The highest BCUT2D eigenvalue weighted by molar-refractivity contribution is 4.89. The highest BCUT2D eigenvalue weighted by Gasteiger charge is 2.09. The van der Waals surface area contributed by atoms with Crippen LogP contribution in [0.4, 0.5) is 0 Å². The fourth-order valence-electron chi connectivity index (χ4n) is 1.62. The molecule has 1 rings (SSSR count). The summed E-state index contributed by atoms with van der Waals surface area (Å²) in [6.45, 7) is 2.10. The zero-order valence-electron chi connectivity index (χ0n) is 7.42. The maximum absolute atomic E-state index is 5.69. The second-order valence-corrected chi connectivity index (χ2v) is 3.71. The first-order valence-corrected chi connectivity index (χ1v) is 4.69. The van der Waals surface area contributed by atoms with Crippen LogP contribution in [0.5, 0.6) is 0 Å². The van der Waals surface area contributed by atoms with Crippen LogP contribution in [0.1, 0.15) is 39.0 Å². The Kier molecular flexibility index (Phi) is 3.64. The summed E-state index contributed by atoms with van der Waals surface area (Å²) in [5.74, 6) is 0.922. The second kappa shape index (κ2) is 4.55. The molecule has 0 saturated carbocycles. The molecular formula is C10H19N. The molecular weight excluding hydrogens is 134 g/mol. The third kappa shape index (κ3) is 3.57. The number of hydrogen-bond donors (Lipinski definition) is 1. The van der Waals surface area contributed by atoms with Crippen molar-refractivity contribution in [2.24, 2.45) is 11.7 Å². The first kappa shape index (κ1) is 8.79. The average Bonchev–Trinajstić information content (AvgIpc) is 2.03. The molecule has 0 radical (unpaired) electrons. The van der Waals surface area contributed by atoms with Gasteiger partial charge in [-0.15, -0.1) is 0 Å². The minimum Gasteiger partial charge on any atom is -0.328 e. The van der Waals surface area contributed by atoms with Crippen LogP contribution in [0, 0.1) is 5.92 Å². The smallest absolute Gasteiger partial charge is 0.00105 e. The molecule has 2 N–H and O–H groups in total. The molecule has 0 aromatic carbocycles. The van der Waals surface area contributed by atoms with Gasteiger partial charge in [-0.05, 0) is 44.9 Å². The van der Waals surface area contributed by atoms with Crippen molar-refractivity contribution in [3.63, 3.8) is 0 Å². The standard InChI is InChI=1S/C10H19N/c1-9(11)7-8-10-5-3-2-4-6-10/h2-3,9-10H,4-8,11H2,1H3/t9-,10?/m1/s1. The zero-order chi connectivity index (χ0) is 8.10. The van der Waals surface area contributed by atoms with E-state index in [0.717, 1.165) is 5.92 Å². The predicted octanol–water partition coefficient (Wildman–Crippen LogP) is 2.47. The molecule has 0 aromatic heterocycles. The molecule has 0 amide bonds. The van der Waals surface area contributed by atoms with E-state index in [2.05, 4.69) is 19.1 Å². The molecule has 1 nitrogen and oxygen atoms in total. The normalized spacial score (nSPS) is 26.9. The molecule has 1 heteroatoms. The van der Waals surface area contributed by atoms with Crippen LogP contribution in [0.3, 0.4) is 0 Å². The SMILES string of the molecule is C[C@@H](N)CCC1CC=CCC1. The molecule has 0 aromatic rings. The van der Waals surface area contributed by atoms with Crippen LogP contribution in [0.15, 0.2) is 12.2 Å². The lowest BCUT2D eigenvalue weighted by molar-refractivity contribution is 0.415. The number of allylic oxidation sites excluding steroid dienone is 2. The maximum atomic E-state index is 5.69. The van der Waals surface area contributed by atoms with Crippen LogP contribution >= 0.6 is 0 Å². The summed E-state index contributed by atoms with van der Waals surface area (Å²) in [7, 11) is 0. The molecule has 11 heavy (non-hydrogen) atoms.